The third-order valence-corrected chi connectivity index (χ3v) is 6.93. The number of aromatic nitrogens is 1. The zero-order valence-electron chi connectivity index (χ0n) is 16.9. The van der Waals surface area contributed by atoms with Crippen molar-refractivity contribution < 1.29 is 17.9 Å². The van der Waals surface area contributed by atoms with Crippen LogP contribution in [0.3, 0.4) is 0 Å². The van der Waals surface area contributed by atoms with Crippen LogP contribution < -0.4 is 14.2 Å². The molecule has 31 heavy (non-hydrogen) atoms. The van der Waals surface area contributed by atoms with E-state index in [1.165, 1.54) is 26.4 Å². The van der Waals surface area contributed by atoms with E-state index in [1.807, 2.05) is 47.8 Å². The third-order valence-electron chi connectivity index (χ3n) is 4.62. The van der Waals surface area contributed by atoms with Crippen molar-refractivity contribution in [2.75, 3.05) is 18.9 Å². The van der Waals surface area contributed by atoms with E-state index in [-0.39, 0.29) is 10.6 Å². The number of hydrogen-bond donors (Lipinski definition) is 1. The number of sulfonamides is 1. The Morgan fingerprint density at radius 2 is 1.61 bits per heavy atom. The zero-order chi connectivity index (χ0) is 21.8. The summed E-state index contributed by atoms with van der Waals surface area (Å²) in [6.45, 7) is 0. The van der Waals surface area contributed by atoms with Gasteiger partial charge in [-0.15, -0.1) is 11.3 Å². The SMILES string of the molecule is COc1ccc(S(=O)(=O)Nc2ccc(-c3csc(-c4ccccc4)n3)cc2)c(OC)c1. The van der Waals surface area contributed by atoms with Crippen LogP contribution in [0.15, 0.2) is 83.1 Å². The molecule has 8 heteroatoms. The largest absolute Gasteiger partial charge is 0.497 e. The van der Waals surface area contributed by atoms with Gasteiger partial charge in [0.2, 0.25) is 0 Å². The van der Waals surface area contributed by atoms with Crippen molar-refractivity contribution in [3.63, 3.8) is 0 Å². The van der Waals surface area contributed by atoms with E-state index in [0.29, 0.717) is 11.4 Å². The quantitative estimate of drug-likeness (QED) is 0.412. The molecule has 1 heterocycles. The molecule has 0 aliphatic carbocycles. The molecule has 3 aromatic carbocycles. The van der Waals surface area contributed by atoms with Gasteiger partial charge in [-0.2, -0.15) is 0 Å². The minimum Gasteiger partial charge on any atom is -0.497 e. The van der Waals surface area contributed by atoms with Gasteiger partial charge >= 0.3 is 0 Å². The van der Waals surface area contributed by atoms with Crippen molar-refractivity contribution in [3.8, 4) is 33.3 Å². The van der Waals surface area contributed by atoms with Crippen LogP contribution in [0.1, 0.15) is 0 Å². The molecule has 0 radical (unpaired) electrons. The molecule has 4 aromatic rings. The Bertz CT molecular complexity index is 1280. The Morgan fingerprint density at radius 1 is 0.871 bits per heavy atom. The number of thiazole rings is 1. The van der Waals surface area contributed by atoms with Crippen molar-refractivity contribution in [1.29, 1.82) is 0 Å². The predicted molar refractivity (Wildman–Crippen MR) is 123 cm³/mol. The molecule has 0 atom stereocenters. The summed E-state index contributed by atoms with van der Waals surface area (Å²) in [5.74, 6) is 0.720. The van der Waals surface area contributed by atoms with E-state index in [0.717, 1.165) is 21.8 Å². The molecule has 1 aromatic heterocycles. The molecule has 158 valence electrons. The molecule has 0 bridgehead atoms. The van der Waals surface area contributed by atoms with Gasteiger partial charge in [0.15, 0.2) is 0 Å². The van der Waals surface area contributed by atoms with Crippen LogP contribution in [0.5, 0.6) is 11.5 Å². The van der Waals surface area contributed by atoms with Gasteiger partial charge in [-0.05, 0) is 24.3 Å². The predicted octanol–water partition coefficient (Wildman–Crippen LogP) is 5.30. The summed E-state index contributed by atoms with van der Waals surface area (Å²) in [4.78, 5) is 4.73. The summed E-state index contributed by atoms with van der Waals surface area (Å²) in [7, 11) is -0.910. The molecule has 4 rings (SSSR count). The van der Waals surface area contributed by atoms with Crippen molar-refractivity contribution in [2.45, 2.75) is 4.90 Å². The lowest BCUT2D eigenvalue weighted by atomic mass is 10.1. The summed E-state index contributed by atoms with van der Waals surface area (Å²) in [6.07, 6.45) is 0. The molecule has 0 aliphatic rings. The van der Waals surface area contributed by atoms with Gasteiger partial charge in [0, 0.05) is 28.3 Å². The van der Waals surface area contributed by atoms with Gasteiger partial charge in [0.1, 0.15) is 21.4 Å². The van der Waals surface area contributed by atoms with Crippen LogP contribution in [0.4, 0.5) is 5.69 Å². The van der Waals surface area contributed by atoms with Gasteiger partial charge in [0.25, 0.3) is 10.0 Å². The van der Waals surface area contributed by atoms with Crippen LogP contribution in [0, 0.1) is 0 Å². The lowest BCUT2D eigenvalue weighted by Gasteiger charge is -2.13. The van der Waals surface area contributed by atoms with Gasteiger partial charge in [-0.3, -0.25) is 4.72 Å². The third kappa shape index (κ3) is 4.55. The fourth-order valence-electron chi connectivity index (χ4n) is 3.04. The molecular weight excluding hydrogens is 432 g/mol. The smallest absolute Gasteiger partial charge is 0.265 e. The van der Waals surface area contributed by atoms with Crippen molar-refractivity contribution in [1.82, 2.24) is 4.98 Å². The molecule has 0 unspecified atom stereocenters. The van der Waals surface area contributed by atoms with E-state index >= 15 is 0 Å². The first-order chi connectivity index (χ1) is 15.0. The van der Waals surface area contributed by atoms with Crippen LogP contribution in [-0.2, 0) is 10.0 Å². The van der Waals surface area contributed by atoms with Crippen molar-refractivity contribution >= 4 is 27.0 Å². The first-order valence-electron chi connectivity index (χ1n) is 9.36. The van der Waals surface area contributed by atoms with Crippen LogP contribution in [-0.4, -0.2) is 27.6 Å². The lowest BCUT2D eigenvalue weighted by molar-refractivity contribution is 0.386. The Labute approximate surface area is 185 Å². The average Bonchev–Trinajstić information content (AvgIpc) is 3.30. The summed E-state index contributed by atoms with van der Waals surface area (Å²) >= 11 is 1.57. The van der Waals surface area contributed by atoms with E-state index < -0.39 is 10.0 Å². The highest BCUT2D eigenvalue weighted by Crippen LogP contribution is 2.31. The Morgan fingerprint density at radius 3 is 2.29 bits per heavy atom. The van der Waals surface area contributed by atoms with Crippen molar-refractivity contribution in [2.24, 2.45) is 0 Å². The second kappa shape index (κ2) is 8.79. The Balaban J connectivity index is 1.55. The van der Waals surface area contributed by atoms with Crippen LogP contribution >= 0.6 is 11.3 Å². The molecule has 0 saturated heterocycles. The normalized spacial score (nSPS) is 11.2. The highest BCUT2D eigenvalue weighted by Gasteiger charge is 2.20. The molecule has 1 N–H and O–H groups in total. The van der Waals surface area contributed by atoms with E-state index in [4.69, 9.17) is 14.5 Å². The summed E-state index contributed by atoms with van der Waals surface area (Å²) in [5.41, 5.74) is 3.26. The molecular formula is C23H20N2O4S2. The maximum atomic E-state index is 12.9. The second-order valence-electron chi connectivity index (χ2n) is 6.60. The highest BCUT2D eigenvalue weighted by atomic mass is 32.2. The maximum Gasteiger partial charge on any atom is 0.265 e. The maximum absolute atomic E-state index is 12.9. The average molecular weight is 453 g/mol. The van der Waals surface area contributed by atoms with Gasteiger partial charge < -0.3 is 9.47 Å². The van der Waals surface area contributed by atoms with Gasteiger partial charge in [-0.1, -0.05) is 42.5 Å². The molecule has 0 fully saturated rings. The molecule has 0 saturated carbocycles. The number of ether oxygens (including phenoxy) is 2. The number of benzene rings is 3. The zero-order valence-corrected chi connectivity index (χ0v) is 18.5. The van der Waals surface area contributed by atoms with Crippen LogP contribution in [0.25, 0.3) is 21.8 Å². The number of rotatable bonds is 7. The summed E-state index contributed by atoms with van der Waals surface area (Å²) in [5, 5.41) is 2.93. The van der Waals surface area contributed by atoms with Gasteiger partial charge in [-0.25, -0.2) is 13.4 Å². The highest BCUT2D eigenvalue weighted by molar-refractivity contribution is 7.92. The van der Waals surface area contributed by atoms with E-state index in [9.17, 15) is 8.42 Å². The standard InChI is InChI=1S/C23H20N2O4S2/c1-28-19-12-13-22(21(14-19)29-2)31(26,27)25-18-10-8-16(9-11-18)20-15-30-23(24-20)17-6-4-3-5-7-17/h3-15,25H,1-2H3. The topological polar surface area (TPSA) is 77.5 Å². The van der Waals surface area contributed by atoms with Crippen LogP contribution in [0.2, 0.25) is 0 Å². The van der Waals surface area contributed by atoms with E-state index in [1.54, 1.807) is 29.5 Å². The number of nitrogens with one attached hydrogen (secondary N) is 1. The van der Waals surface area contributed by atoms with E-state index in [2.05, 4.69) is 4.72 Å². The lowest BCUT2D eigenvalue weighted by Crippen LogP contribution is -2.14. The first-order valence-corrected chi connectivity index (χ1v) is 11.7. The molecule has 0 spiro atoms. The fourth-order valence-corrected chi connectivity index (χ4v) is 5.08. The first kappa shape index (κ1) is 20.9. The minimum atomic E-state index is -3.83. The Hall–Kier alpha value is -3.36. The molecule has 0 aliphatic heterocycles. The summed E-state index contributed by atoms with van der Waals surface area (Å²) < 4.78 is 38.6. The number of nitrogens with zero attached hydrogens (tertiary/aromatic N) is 1. The number of hydrogen-bond acceptors (Lipinski definition) is 6. The van der Waals surface area contributed by atoms with Crippen molar-refractivity contribution in [3.05, 3.63) is 78.2 Å². The molecule has 0 amide bonds. The second-order valence-corrected chi connectivity index (χ2v) is 9.11. The number of anilines is 1. The minimum absolute atomic E-state index is 0.0341. The monoisotopic (exact) mass is 452 g/mol. The molecule has 6 nitrogen and oxygen atoms in total. The van der Waals surface area contributed by atoms with Gasteiger partial charge in [0.05, 0.1) is 19.9 Å². The Kier molecular flexibility index (Phi) is 5.92. The summed E-state index contributed by atoms with van der Waals surface area (Å²) in [6, 6.07) is 21.6. The fraction of sp³-hybridized carbons (Fsp3) is 0.0870. The number of methoxy groups -OCH3 is 2.